The summed E-state index contributed by atoms with van der Waals surface area (Å²) in [6, 6.07) is 12.3. The van der Waals surface area contributed by atoms with Crippen molar-refractivity contribution < 1.29 is 9.72 Å². The second kappa shape index (κ2) is 7.96. The summed E-state index contributed by atoms with van der Waals surface area (Å²) in [6.07, 6.45) is 0. The summed E-state index contributed by atoms with van der Waals surface area (Å²) in [5.41, 5.74) is 2.61. The van der Waals surface area contributed by atoms with Crippen LogP contribution in [0.2, 0.25) is 0 Å². The van der Waals surface area contributed by atoms with Gasteiger partial charge in [0.2, 0.25) is 11.1 Å². The number of aryl methyl sites for hydroxylation is 2. The molecule has 0 aliphatic carbocycles. The first kappa shape index (κ1) is 18.5. The van der Waals surface area contributed by atoms with Crippen LogP contribution >= 0.6 is 11.8 Å². The van der Waals surface area contributed by atoms with Gasteiger partial charge in [-0.05, 0) is 53.6 Å². The van der Waals surface area contributed by atoms with Gasteiger partial charge in [0.05, 0.1) is 16.4 Å². The van der Waals surface area contributed by atoms with Gasteiger partial charge in [-0.15, -0.1) is 5.10 Å². The van der Waals surface area contributed by atoms with E-state index >= 15 is 0 Å². The van der Waals surface area contributed by atoms with E-state index in [0.29, 0.717) is 5.16 Å². The minimum Gasteiger partial charge on any atom is -0.320 e. The zero-order valence-corrected chi connectivity index (χ0v) is 15.4. The predicted molar refractivity (Wildman–Crippen MR) is 101 cm³/mol. The molecule has 0 bridgehead atoms. The first-order valence-electron chi connectivity index (χ1n) is 7.97. The quantitative estimate of drug-likeness (QED) is 0.394. The third-order valence-corrected chi connectivity index (χ3v) is 4.56. The van der Waals surface area contributed by atoms with Crippen LogP contribution in [0, 0.1) is 24.0 Å². The molecule has 2 aromatic carbocycles. The molecule has 9 nitrogen and oxygen atoms in total. The Morgan fingerprint density at radius 1 is 1.22 bits per heavy atom. The molecule has 1 heterocycles. The lowest BCUT2D eigenvalue weighted by Gasteiger charge is -2.07. The number of nitrogens with zero attached hydrogens (tertiary/aromatic N) is 5. The number of hydrogen-bond acceptors (Lipinski definition) is 7. The molecule has 0 saturated heterocycles. The SMILES string of the molecule is Cc1cccc(-n2nnnc2SCC(=O)Nc2ccc(C)cc2[N+](=O)[O-])c1. The largest absolute Gasteiger partial charge is 0.320 e. The molecule has 0 aliphatic heterocycles. The third kappa shape index (κ3) is 4.47. The number of carbonyl (C=O) groups is 1. The van der Waals surface area contributed by atoms with Crippen molar-refractivity contribution in [3.8, 4) is 5.69 Å². The van der Waals surface area contributed by atoms with Crippen molar-refractivity contribution in [1.82, 2.24) is 20.2 Å². The molecule has 3 aromatic rings. The predicted octanol–water partition coefficient (Wildman–Crippen LogP) is 2.92. The van der Waals surface area contributed by atoms with E-state index in [1.54, 1.807) is 17.7 Å². The molecule has 0 fully saturated rings. The third-order valence-electron chi connectivity index (χ3n) is 3.64. The van der Waals surface area contributed by atoms with E-state index in [1.165, 1.54) is 12.1 Å². The first-order chi connectivity index (χ1) is 12.9. The molecule has 1 N–H and O–H groups in total. The van der Waals surface area contributed by atoms with Gasteiger partial charge in [0.25, 0.3) is 5.69 Å². The van der Waals surface area contributed by atoms with Gasteiger partial charge in [0.15, 0.2) is 0 Å². The molecular formula is C17H16N6O3S. The second-order valence-corrected chi connectivity index (χ2v) is 6.77. The molecule has 0 radical (unpaired) electrons. The molecule has 0 atom stereocenters. The summed E-state index contributed by atoms with van der Waals surface area (Å²) >= 11 is 1.14. The maximum atomic E-state index is 12.2. The highest BCUT2D eigenvalue weighted by Gasteiger charge is 2.17. The van der Waals surface area contributed by atoms with E-state index in [4.69, 9.17) is 0 Å². The van der Waals surface area contributed by atoms with Gasteiger partial charge in [-0.3, -0.25) is 14.9 Å². The number of aromatic nitrogens is 4. The van der Waals surface area contributed by atoms with Gasteiger partial charge in [-0.25, -0.2) is 0 Å². The minimum atomic E-state index is -0.520. The van der Waals surface area contributed by atoms with E-state index in [2.05, 4.69) is 20.8 Å². The highest BCUT2D eigenvalue weighted by atomic mass is 32.2. The molecule has 27 heavy (non-hydrogen) atoms. The number of tetrazole rings is 1. The Kier molecular flexibility index (Phi) is 5.46. The summed E-state index contributed by atoms with van der Waals surface area (Å²) in [5.74, 6) is -0.372. The summed E-state index contributed by atoms with van der Waals surface area (Å²) in [6.45, 7) is 3.71. The van der Waals surface area contributed by atoms with Gasteiger partial charge in [-0.1, -0.05) is 30.0 Å². The maximum absolute atomic E-state index is 12.2. The average Bonchev–Trinajstić information content (AvgIpc) is 3.10. The zero-order chi connectivity index (χ0) is 19.4. The lowest BCUT2D eigenvalue weighted by molar-refractivity contribution is -0.384. The van der Waals surface area contributed by atoms with Crippen LogP contribution in [0.4, 0.5) is 11.4 Å². The van der Waals surface area contributed by atoms with Crippen molar-refractivity contribution in [1.29, 1.82) is 0 Å². The Morgan fingerprint density at radius 3 is 2.74 bits per heavy atom. The van der Waals surface area contributed by atoms with Crippen LogP contribution < -0.4 is 5.32 Å². The van der Waals surface area contributed by atoms with Crippen molar-refractivity contribution in [2.24, 2.45) is 0 Å². The topological polar surface area (TPSA) is 116 Å². The number of amides is 1. The molecule has 1 amide bonds. The van der Waals surface area contributed by atoms with Crippen LogP contribution in [-0.2, 0) is 4.79 Å². The summed E-state index contributed by atoms with van der Waals surface area (Å²) < 4.78 is 1.54. The van der Waals surface area contributed by atoms with Crippen molar-refractivity contribution in [3.05, 3.63) is 63.7 Å². The van der Waals surface area contributed by atoms with Crippen LogP contribution in [0.1, 0.15) is 11.1 Å². The lowest BCUT2D eigenvalue weighted by atomic mass is 10.2. The fourth-order valence-corrected chi connectivity index (χ4v) is 3.10. The summed E-state index contributed by atoms with van der Waals surface area (Å²) in [4.78, 5) is 22.9. The fraction of sp³-hybridized carbons (Fsp3) is 0.176. The Morgan fingerprint density at radius 2 is 2.00 bits per heavy atom. The van der Waals surface area contributed by atoms with E-state index in [1.807, 2.05) is 31.2 Å². The van der Waals surface area contributed by atoms with Gasteiger partial charge in [-0.2, -0.15) is 4.68 Å². The van der Waals surface area contributed by atoms with Crippen LogP contribution in [0.15, 0.2) is 47.6 Å². The Labute approximate surface area is 158 Å². The van der Waals surface area contributed by atoms with Crippen LogP contribution in [0.25, 0.3) is 5.69 Å². The Hall–Kier alpha value is -3.27. The van der Waals surface area contributed by atoms with E-state index < -0.39 is 4.92 Å². The van der Waals surface area contributed by atoms with E-state index in [0.717, 1.165) is 28.6 Å². The van der Waals surface area contributed by atoms with Crippen LogP contribution in [0.5, 0.6) is 0 Å². The van der Waals surface area contributed by atoms with Gasteiger partial charge >= 0.3 is 0 Å². The smallest absolute Gasteiger partial charge is 0.293 e. The molecular weight excluding hydrogens is 368 g/mol. The summed E-state index contributed by atoms with van der Waals surface area (Å²) in [5, 5.41) is 25.7. The number of carbonyl (C=O) groups excluding carboxylic acids is 1. The first-order valence-corrected chi connectivity index (χ1v) is 8.96. The molecule has 0 aliphatic rings. The van der Waals surface area contributed by atoms with Crippen molar-refractivity contribution >= 4 is 29.0 Å². The number of nitrogens with one attached hydrogen (secondary N) is 1. The van der Waals surface area contributed by atoms with Crippen LogP contribution in [0.3, 0.4) is 0 Å². The number of benzene rings is 2. The minimum absolute atomic E-state index is 0.0111. The van der Waals surface area contributed by atoms with Gasteiger partial charge < -0.3 is 5.32 Å². The maximum Gasteiger partial charge on any atom is 0.293 e. The standard InChI is InChI=1S/C17H16N6O3S/c1-11-4-3-5-13(8-11)22-17(19-20-21-22)27-10-16(24)18-14-7-6-12(2)9-15(14)23(25)26/h3-9H,10H2,1-2H3,(H,18,24). The average molecular weight is 384 g/mol. The lowest BCUT2D eigenvalue weighted by Crippen LogP contribution is -2.15. The normalized spacial score (nSPS) is 10.6. The molecule has 0 spiro atoms. The number of rotatable bonds is 6. The number of anilines is 1. The summed E-state index contributed by atoms with van der Waals surface area (Å²) in [7, 11) is 0. The Balaban J connectivity index is 1.69. The number of hydrogen-bond donors (Lipinski definition) is 1. The molecule has 138 valence electrons. The van der Waals surface area contributed by atoms with E-state index in [-0.39, 0.29) is 23.0 Å². The van der Waals surface area contributed by atoms with Crippen molar-refractivity contribution in [2.75, 3.05) is 11.1 Å². The molecule has 10 heteroatoms. The van der Waals surface area contributed by atoms with Crippen molar-refractivity contribution in [3.63, 3.8) is 0 Å². The fourth-order valence-electron chi connectivity index (χ4n) is 2.41. The molecule has 1 aromatic heterocycles. The Bertz CT molecular complexity index is 1000. The highest BCUT2D eigenvalue weighted by molar-refractivity contribution is 7.99. The molecule has 0 saturated carbocycles. The van der Waals surface area contributed by atoms with Gasteiger partial charge in [0.1, 0.15) is 5.69 Å². The van der Waals surface area contributed by atoms with Crippen molar-refractivity contribution in [2.45, 2.75) is 19.0 Å². The van der Waals surface area contributed by atoms with Crippen LogP contribution in [-0.4, -0.2) is 36.8 Å². The molecule has 3 rings (SSSR count). The number of thioether (sulfide) groups is 1. The zero-order valence-electron chi connectivity index (χ0n) is 14.6. The van der Waals surface area contributed by atoms with Gasteiger partial charge in [0, 0.05) is 6.07 Å². The number of nitro benzene ring substituents is 1. The monoisotopic (exact) mass is 384 g/mol. The molecule has 0 unspecified atom stereocenters. The number of nitro groups is 1. The highest BCUT2D eigenvalue weighted by Crippen LogP contribution is 2.26. The second-order valence-electron chi connectivity index (χ2n) is 5.83. The van der Waals surface area contributed by atoms with E-state index in [9.17, 15) is 14.9 Å².